The zero-order chi connectivity index (χ0) is 22.6. The lowest BCUT2D eigenvalue weighted by Crippen LogP contribution is -2.44. The Bertz CT molecular complexity index is 1130. The van der Waals surface area contributed by atoms with E-state index >= 15 is 0 Å². The van der Waals surface area contributed by atoms with Gasteiger partial charge in [0, 0.05) is 25.5 Å². The van der Waals surface area contributed by atoms with Gasteiger partial charge in [0.2, 0.25) is 5.88 Å². The second-order valence-corrected chi connectivity index (χ2v) is 7.92. The minimum Gasteiger partial charge on any atom is -0.493 e. The first kappa shape index (κ1) is 22.0. The van der Waals surface area contributed by atoms with Crippen LogP contribution in [0.3, 0.4) is 0 Å². The first-order chi connectivity index (χ1) is 14.8. The van der Waals surface area contributed by atoms with Crippen molar-refractivity contribution in [1.29, 1.82) is 5.26 Å². The van der Waals surface area contributed by atoms with Crippen molar-refractivity contribution < 1.29 is 14.6 Å². The summed E-state index contributed by atoms with van der Waals surface area (Å²) in [6, 6.07) is 10.6. The van der Waals surface area contributed by atoms with E-state index in [1.807, 2.05) is 20.8 Å². The molecule has 0 radical (unpaired) electrons. The fourth-order valence-corrected chi connectivity index (χ4v) is 3.18. The summed E-state index contributed by atoms with van der Waals surface area (Å²) < 4.78 is 6.39. The number of nitriles is 1. The van der Waals surface area contributed by atoms with Crippen LogP contribution in [0.15, 0.2) is 42.7 Å². The average Bonchev–Trinajstić information content (AvgIpc) is 3.13. The van der Waals surface area contributed by atoms with E-state index in [9.17, 15) is 9.90 Å². The lowest BCUT2D eigenvalue weighted by atomic mass is 10.0. The Balaban J connectivity index is 1.81. The van der Waals surface area contributed by atoms with Gasteiger partial charge in [-0.25, -0.2) is 4.98 Å². The molecule has 0 aliphatic rings. The number of carbonyl (C=O) groups excluding carboxylic acids is 1. The predicted molar refractivity (Wildman–Crippen MR) is 116 cm³/mol. The molecule has 0 unspecified atom stereocenters. The number of aromatic hydroxyl groups is 1. The quantitative estimate of drug-likeness (QED) is 0.607. The molecular formula is C23H25N5O3. The monoisotopic (exact) mass is 419 g/mol. The number of benzene rings is 1. The minimum absolute atomic E-state index is 0.0711. The van der Waals surface area contributed by atoms with Crippen molar-refractivity contribution >= 4 is 5.91 Å². The van der Waals surface area contributed by atoms with Crippen molar-refractivity contribution in [2.75, 3.05) is 13.7 Å². The van der Waals surface area contributed by atoms with Crippen LogP contribution in [-0.4, -0.2) is 45.0 Å². The highest BCUT2D eigenvalue weighted by atomic mass is 16.5. The first-order valence-corrected chi connectivity index (χ1v) is 9.82. The van der Waals surface area contributed by atoms with Gasteiger partial charge in [0.15, 0.2) is 5.82 Å². The molecule has 0 aliphatic heterocycles. The van der Waals surface area contributed by atoms with Crippen molar-refractivity contribution in [3.8, 4) is 28.9 Å². The maximum atomic E-state index is 12.5. The average molecular weight is 419 g/mol. The van der Waals surface area contributed by atoms with Crippen molar-refractivity contribution in [1.82, 2.24) is 20.1 Å². The highest BCUT2D eigenvalue weighted by molar-refractivity contribution is 5.94. The number of hydrogen-bond acceptors (Lipinski definition) is 6. The topological polar surface area (TPSA) is 113 Å². The lowest BCUT2D eigenvalue weighted by molar-refractivity contribution is 0.0887. The Hall–Kier alpha value is -3.70. The Morgan fingerprint density at radius 3 is 2.65 bits per heavy atom. The van der Waals surface area contributed by atoms with Crippen LogP contribution in [0.5, 0.6) is 5.88 Å². The third kappa shape index (κ3) is 4.90. The van der Waals surface area contributed by atoms with Crippen LogP contribution < -0.4 is 5.32 Å². The maximum Gasteiger partial charge on any atom is 0.253 e. The van der Waals surface area contributed by atoms with Gasteiger partial charge in [-0.15, -0.1) is 0 Å². The summed E-state index contributed by atoms with van der Waals surface area (Å²) in [5, 5.41) is 26.9. The second-order valence-electron chi connectivity index (χ2n) is 7.92. The number of ether oxygens (including phenoxy) is 1. The third-order valence-electron chi connectivity index (χ3n) is 5.00. The Kier molecular flexibility index (Phi) is 6.37. The summed E-state index contributed by atoms with van der Waals surface area (Å²) in [6.07, 6.45) is 3.68. The molecule has 160 valence electrons. The highest BCUT2D eigenvalue weighted by Crippen LogP contribution is 2.33. The molecule has 31 heavy (non-hydrogen) atoms. The number of carbonyl (C=O) groups is 1. The van der Waals surface area contributed by atoms with E-state index in [1.54, 1.807) is 43.6 Å². The summed E-state index contributed by atoms with van der Waals surface area (Å²) in [5.41, 5.74) is 2.70. The molecule has 0 saturated heterocycles. The molecule has 0 saturated carbocycles. The maximum absolute atomic E-state index is 12.5. The molecule has 0 aliphatic carbocycles. The van der Waals surface area contributed by atoms with Crippen LogP contribution in [0.4, 0.5) is 0 Å². The number of nitrogens with one attached hydrogen (secondary N) is 1. The Labute approximate surface area is 181 Å². The first-order valence-electron chi connectivity index (χ1n) is 9.82. The van der Waals surface area contributed by atoms with Gasteiger partial charge in [-0.3, -0.25) is 4.79 Å². The van der Waals surface area contributed by atoms with Gasteiger partial charge in [0.05, 0.1) is 29.0 Å². The van der Waals surface area contributed by atoms with E-state index in [0.717, 1.165) is 11.1 Å². The van der Waals surface area contributed by atoms with E-state index in [4.69, 9.17) is 10.00 Å². The van der Waals surface area contributed by atoms with Crippen LogP contribution in [0.25, 0.3) is 16.9 Å². The normalized spacial score (nSPS) is 11.2. The van der Waals surface area contributed by atoms with Crippen molar-refractivity contribution in [2.45, 2.75) is 32.7 Å². The molecule has 2 heterocycles. The smallest absolute Gasteiger partial charge is 0.253 e. The third-order valence-corrected chi connectivity index (χ3v) is 5.00. The second kappa shape index (κ2) is 8.98. The fraction of sp³-hybridized carbons (Fsp3) is 0.304. The summed E-state index contributed by atoms with van der Waals surface area (Å²) >= 11 is 0. The van der Waals surface area contributed by atoms with Crippen molar-refractivity contribution in [3.63, 3.8) is 0 Å². The fourth-order valence-electron chi connectivity index (χ4n) is 3.18. The van der Waals surface area contributed by atoms with Gasteiger partial charge in [-0.1, -0.05) is 6.07 Å². The summed E-state index contributed by atoms with van der Waals surface area (Å²) in [4.78, 5) is 16.8. The molecule has 2 N–H and O–H groups in total. The largest absolute Gasteiger partial charge is 0.493 e. The van der Waals surface area contributed by atoms with E-state index in [0.29, 0.717) is 35.5 Å². The number of rotatable bonds is 7. The van der Waals surface area contributed by atoms with Crippen LogP contribution in [-0.2, 0) is 4.74 Å². The summed E-state index contributed by atoms with van der Waals surface area (Å²) in [7, 11) is 1.62. The molecule has 0 bridgehead atoms. The predicted octanol–water partition coefficient (Wildman–Crippen LogP) is 3.36. The number of amides is 1. The standard InChI is InChI=1S/C23H25N5O3/c1-15-11-16(12-24)5-7-18(15)19-14-26-28(22(19)30)20-8-6-17(13-25-20)21(29)27-23(2,3)9-10-31-4/h5-8,11,13-14,30H,9-10H2,1-4H3,(H,27,29). The molecule has 0 atom stereocenters. The van der Waals surface area contributed by atoms with Gasteiger partial charge < -0.3 is 15.2 Å². The van der Waals surface area contributed by atoms with E-state index < -0.39 is 5.54 Å². The zero-order valence-electron chi connectivity index (χ0n) is 18.0. The SMILES string of the molecule is COCCC(C)(C)NC(=O)c1ccc(-n2ncc(-c3ccc(C#N)cc3C)c2O)nc1. The van der Waals surface area contributed by atoms with Gasteiger partial charge >= 0.3 is 0 Å². The molecule has 0 spiro atoms. The number of hydrogen-bond donors (Lipinski definition) is 2. The van der Waals surface area contributed by atoms with Crippen LogP contribution in [0.1, 0.15) is 41.8 Å². The minimum atomic E-state index is -0.417. The van der Waals surface area contributed by atoms with E-state index in [-0.39, 0.29) is 11.8 Å². The Morgan fingerprint density at radius 2 is 2.03 bits per heavy atom. The number of methoxy groups -OCH3 is 1. The van der Waals surface area contributed by atoms with Gasteiger partial charge in [0.25, 0.3) is 5.91 Å². The summed E-state index contributed by atoms with van der Waals surface area (Å²) in [5.74, 6) is 0.0715. The molecule has 1 aromatic carbocycles. The van der Waals surface area contributed by atoms with Crippen LogP contribution in [0, 0.1) is 18.3 Å². The van der Waals surface area contributed by atoms with Crippen molar-refractivity contribution in [2.24, 2.45) is 0 Å². The molecule has 8 nitrogen and oxygen atoms in total. The summed E-state index contributed by atoms with van der Waals surface area (Å²) in [6.45, 7) is 6.27. The molecule has 0 fully saturated rings. The van der Waals surface area contributed by atoms with Crippen LogP contribution in [0.2, 0.25) is 0 Å². The van der Waals surface area contributed by atoms with Gasteiger partial charge in [-0.2, -0.15) is 15.0 Å². The van der Waals surface area contributed by atoms with E-state index in [1.165, 1.54) is 10.9 Å². The molecular weight excluding hydrogens is 394 g/mol. The number of aromatic nitrogens is 3. The highest BCUT2D eigenvalue weighted by Gasteiger charge is 2.21. The zero-order valence-corrected chi connectivity index (χ0v) is 18.0. The molecule has 8 heteroatoms. The molecule has 2 aromatic heterocycles. The molecule has 3 aromatic rings. The molecule has 1 amide bonds. The number of pyridine rings is 1. The van der Waals surface area contributed by atoms with Gasteiger partial charge in [-0.05, 0) is 62.6 Å². The lowest BCUT2D eigenvalue weighted by Gasteiger charge is -2.25. The Morgan fingerprint density at radius 1 is 1.26 bits per heavy atom. The molecule has 3 rings (SSSR count). The van der Waals surface area contributed by atoms with Crippen LogP contribution >= 0.6 is 0 Å². The van der Waals surface area contributed by atoms with Crippen molar-refractivity contribution in [3.05, 3.63) is 59.4 Å². The van der Waals surface area contributed by atoms with Gasteiger partial charge in [0.1, 0.15) is 0 Å². The number of nitrogens with zero attached hydrogens (tertiary/aromatic N) is 4. The van der Waals surface area contributed by atoms with E-state index in [2.05, 4.69) is 21.5 Å². The number of aryl methyl sites for hydroxylation is 1.